The van der Waals surface area contributed by atoms with Crippen molar-refractivity contribution in [2.45, 2.75) is 39.5 Å². The van der Waals surface area contributed by atoms with Gasteiger partial charge in [0.1, 0.15) is 0 Å². The second-order valence-corrected chi connectivity index (χ2v) is 4.42. The molecule has 0 radical (unpaired) electrons. The average molecular weight is 223 g/mol. The van der Waals surface area contributed by atoms with Crippen molar-refractivity contribution in [1.82, 2.24) is 5.32 Å². The molecule has 0 aliphatic heterocycles. The molecule has 0 aliphatic rings. The lowest BCUT2D eigenvalue weighted by molar-refractivity contribution is 0.171. The third-order valence-corrected chi connectivity index (χ3v) is 2.65. The highest BCUT2D eigenvalue weighted by Crippen LogP contribution is 2.17. The normalized spacial score (nSPS) is 13.1. The van der Waals surface area contributed by atoms with Crippen molar-refractivity contribution in [2.75, 3.05) is 6.54 Å². The molecule has 1 aromatic rings. The monoisotopic (exact) mass is 223 g/mol. The van der Waals surface area contributed by atoms with Crippen LogP contribution < -0.4 is 5.32 Å². The van der Waals surface area contributed by atoms with Crippen LogP contribution in [-0.4, -0.2) is 22.8 Å². The Morgan fingerprint density at radius 2 is 2.00 bits per heavy atom. The van der Waals surface area contributed by atoms with E-state index in [4.69, 9.17) is 5.11 Å². The summed E-state index contributed by atoms with van der Waals surface area (Å²) in [6.07, 6.45) is -0.520. The minimum atomic E-state index is -0.520. The maximum atomic E-state index is 9.94. The summed E-state index contributed by atoms with van der Waals surface area (Å²) in [5, 5.41) is 22.3. The molecule has 0 heterocycles. The van der Waals surface area contributed by atoms with Crippen LogP contribution in [0, 0.1) is 6.92 Å². The van der Waals surface area contributed by atoms with Gasteiger partial charge in [0.25, 0.3) is 0 Å². The van der Waals surface area contributed by atoms with Crippen molar-refractivity contribution in [3.63, 3.8) is 0 Å². The van der Waals surface area contributed by atoms with Gasteiger partial charge in [-0.15, -0.1) is 0 Å². The Morgan fingerprint density at radius 1 is 1.31 bits per heavy atom. The summed E-state index contributed by atoms with van der Waals surface area (Å²) in [7, 11) is 0. The van der Waals surface area contributed by atoms with Crippen LogP contribution in [0.25, 0.3) is 0 Å². The molecule has 0 amide bonds. The minimum Gasteiger partial charge on any atom is -0.392 e. The molecular weight excluding hydrogens is 202 g/mol. The van der Waals surface area contributed by atoms with Crippen LogP contribution in [0.15, 0.2) is 18.2 Å². The first-order valence-corrected chi connectivity index (χ1v) is 5.66. The highest BCUT2D eigenvalue weighted by atomic mass is 16.3. The van der Waals surface area contributed by atoms with Gasteiger partial charge in [-0.2, -0.15) is 0 Å². The van der Waals surface area contributed by atoms with Crippen molar-refractivity contribution in [1.29, 1.82) is 0 Å². The number of rotatable bonds is 5. The highest BCUT2D eigenvalue weighted by molar-refractivity contribution is 5.31. The Kier molecular flexibility index (Phi) is 4.93. The number of aryl methyl sites for hydroxylation is 1. The van der Waals surface area contributed by atoms with Crippen LogP contribution >= 0.6 is 0 Å². The van der Waals surface area contributed by atoms with E-state index >= 15 is 0 Å². The van der Waals surface area contributed by atoms with E-state index in [1.807, 2.05) is 39.0 Å². The molecule has 1 aromatic carbocycles. The summed E-state index contributed by atoms with van der Waals surface area (Å²) >= 11 is 0. The van der Waals surface area contributed by atoms with Gasteiger partial charge in [0.05, 0.1) is 12.7 Å². The largest absolute Gasteiger partial charge is 0.392 e. The molecule has 0 saturated heterocycles. The number of hydrogen-bond donors (Lipinski definition) is 3. The Bertz CT molecular complexity index is 337. The molecule has 3 heteroatoms. The Morgan fingerprint density at radius 3 is 2.56 bits per heavy atom. The Labute approximate surface area is 97.1 Å². The van der Waals surface area contributed by atoms with Gasteiger partial charge in [-0.1, -0.05) is 32.0 Å². The van der Waals surface area contributed by atoms with E-state index in [0.29, 0.717) is 12.6 Å². The van der Waals surface area contributed by atoms with E-state index in [-0.39, 0.29) is 6.61 Å². The first-order chi connectivity index (χ1) is 7.54. The summed E-state index contributed by atoms with van der Waals surface area (Å²) < 4.78 is 0. The molecule has 90 valence electrons. The lowest BCUT2D eigenvalue weighted by Gasteiger charge is -2.15. The van der Waals surface area contributed by atoms with E-state index in [9.17, 15) is 5.11 Å². The third-order valence-electron chi connectivity index (χ3n) is 2.65. The van der Waals surface area contributed by atoms with Crippen LogP contribution in [0.4, 0.5) is 0 Å². The van der Waals surface area contributed by atoms with Crippen molar-refractivity contribution < 1.29 is 10.2 Å². The first kappa shape index (κ1) is 13.2. The van der Waals surface area contributed by atoms with Gasteiger partial charge in [0.15, 0.2) is 0 Å². The second kappa shape index (κ2) is 5.99. The predicted molar refractivity (Wildman–Crippen MR) is 65.2 cm³/mol. The Balaban J connectivity index is 2.72. The average Bonchev–Trinajstić information content (AvgIpc) is 2.26. The van der Waals surface area contributed by atoms with Crippen molar-refractivity contribution in [2.24, 2.45) is 0 Å². The second-order valence-electron chi connectivity index (χ2n) is 4.42. The zero-order valence-corrected chi connectivity index (χ0v) is 10.2. The van der Waals surface area contributed by atoms with Crippen molar-refractivity contribution >= 4 is 0 Å². The van der Waals surface area contributed by atoms with E-state index in [0.717, 1.165) is 16.7 Å². The SMILES string of the molecule is Cc1ccc([C@@H](O)CNC(C)C)cc1CO. The smallest absolute Gasteiger partial charge is 0.0914 e. The predicted octanol–water partition coefficient (Wildman–Crippen LogP) is 1.52. The number of aliphatic hydroxyl groups is 2. The van der Waals surface area contributed by atoms with Gasteiger partial charge in [-0.25, -0.2) is 0 Å². The van der Waals surface area contributed by atoms with Crippen LogP contribution in [0.1, 0.15) is 36.6 Å². The quantitative estimate of drug-likeness (QED) is 0.709. The van der Waals surface area contributed by atoms with E-state index in [2.05, 4.69) is 5.32 Å². The molecule has 1 rings (SSSR count). The van der Waals surface area contributed by atoms with Crippen LogP contribution in [-0.2, 0) is 6.61 Å². The molecule has 0 spiro atoms. The lowest BCUT2D eigenvalue weighted by Crippen LogP contribution is -2.27. The molecule has 16 heavy (non-hydrogen) atoms. The first-order valence-electron chi connectivity index (χ1n) is 5.66. The maximum Gasteiger partial charge on any atom is 0.0914 e. The summed E-state index contributed by atoms with van der Waals surface area (Å²) in [5.74, 6) is 0. The Hall–Kier alpha value is -0.900. The van der Waals surface area contributed by atoms with Gasteiger partial charge in [0, 0.05) is 12.6 Å². The fourth-order valence-corrected chi connectivity index (χ4v) is 1.53. The van der Waals surface area contributed by atoms with Gasteiger partial charge < -0.3 is 15.5 Å². The molecular formula is C13H21NO2. The van der Waals surface area contributed by atoms with E-state index in [1.54, 1.807) is 0 Å². The van der Waals surface area contributed by atoms with Gasteiger partial charge in [-0.3, -0.25) is 0 Å². The standard InChI is InChI=1S/C13H21NO2/c1-9(2)14-7-13(16)11-5-4-10(3)12(6-11)8-15/h4-6,9,13-16H,7-8H2,1-3H3/t13-/m0/s1. The maximum absolute atomic E-state index is 9.94. The zero-order valence-electron chi connectivity index (χ0n) is 10.2. The molecule has 0 saturated carbocycles. The lowest BCUT2D eigenvalue weighted by atomic mass is 10.0. The number of nitrogens with one attached hydrogen (secondary N) is 1. The summed E-state index contributed by atoms with van der Waals surface area (Å²) in [5.41, 5.74) is 2.78. The molecule has 0 bridgehead atoms. The number of aliphatic hydroxyl groups excluding tert-OH is 2. The topological polar surface area (TPSA) is 52.5 Å². The summed E-state index contributed by atoms with van der Waals surface area (Å²) in [6, 6.07) is 6.06. The highest BCUT2D eigenvalue weighted by Gasteiger charge is 2.09. The van der Waals surface area contributed by atoms with Crippen LogP contribution in [0.3, 0.4) is 0 Å². The van der Waals surface area contributed by atoms with Crippen molar-refractivity contribution in [3.8, 4) is 0 Å². The number of hydrogen-bond acceptors (Lipinski definition) is 3. The molecule has 0 aromatic heterocycles. The van der Waals surface area contributed by atoms with Crippen LogP contribution in [0.2, 0.25) is 0 Å². The third kappa shape index (κ3) is 3.59. The zero-order chi connectivity index (χ0) is 12.1. The van der Waals surface area contributed by atoms with Crippen molar-refractivity contribution in [3.05, 3.63) is 34.9 Å². The molecule has 0 fully saturated rings. The number of benzene rings is 1. The van der Waals surface area contributed by atoms with Gasteiger partial charge >= 0.3 is 0 Å². The fourth-order valence-electron chi connectivity index (χ4n) is 1.53. The summed E-state index contributed by atoms with van der Waals surface area (Å²) in [4.78, 5) is 0. The van der Waals surface area contributed by atoms with Gasteiger partial charge in [-0.05, 0) is 23.6 Å². The van der Waals surface area contributed by atoms with Gasteiger partial charge in [0.2, 0.25) is 0 Å². The molecule has 0 unspecified atom stereocenters. The molecule has 1 atom stereocenters. The summed E-state index contributed by atoms with van der Waals surface area (Å²) in [6.45, 7) is 6.59. The van der Waals surface area contributed by atoms with Crippen LogP contribution in [0.5, 0.6) is 0 Å². The van der Waals surface area contributed by atoms with E-state index < -0.39 is 6.10 Å². The molecule has 0 aliphatic carbocycles. The molecule has 3 nitrogen and oxygen atoms in total. The minimum absolute atomic E-state index is 0.0179. The van der Waals surface area contributed by atoms with E-state index in [1.165, 1.54) is 0 Å². The molecule has 3 N–H and O–H groups in total. The fraction of sp³-hybridized carbons (Fsp3) is 0.538.